The molecular weight excluding hydrogens is 447 g/mol. The zero-order valence-corrected chi connectivity index (χ0v) is 17.8. The molecule has 32 heavy (non-hydrogen) atoms. The summed E-state index contributed by atoms with van der Waals surface area (Å²) in [6.07, 6.45) is 0. The maximum atomic E-state index is 13.1. The fraction of sp³-hybridized carbons (Fsp3) is 0.273. The fourth-order valence-corrected chi connectivity index (χ4v) is 4.24. The third-order valence-corrected chi connectivity index (χ3v) is 6.53. The predicted octanol–water partition coefficient (Wildman–Crippen LogP) is 4.48. The van der Waals surface area contributed by atoms with Gasteiger partial charge in [-0.3, -0.25) is 18.7 Å². The molecule has 10 heteroatoms. The molecule has 0 radical (unpaired) electrons. The van der Waals surface area contributed by atoms with E-state index in [-0.39, 0.29) is 11.1 Å². The molecule has 4 rings (SSSR count). The second-order valence-electron chi connectivity index (χ2n) is 7.92. The van der Waals surface area contributed by atoms with Crippen molar-refractivity contribution in [1.29, 1.82) is 0 Å². The molecule has 1 aliphatic rings. The monoisotopic (exact) mass is 465 g/mol. The molecule has 0 saturated heterocycles. The average Bonchev–Trinajstić information content (AvgIpc) is 2.94. The number of carbonyl (C=O) groups is 2. The third kappa shape index (κ3) is 3.63. The summed E-state index contributed by atoms with van der Waals surface area (Å²) in [5.41, 5.74) is -5.37. The lowest BCUT2D eigenvalue weighted by Gasteiger charge is -2.29. The number of alkyl halides is 3. The Hall–Kier alpha value is -2.98. The topological polar surface area (TPSA) is 80.8 Å². The highest BCUT2D eigenvalue weighted by atomic mass is 32.2. The number of fused-ring (bicyclic) bond motifs is 3. The van der Waals surface area contributed by atoms with Crippen LogP contribution in [0.2, 0.25) is 0 Å². The second-order valence-corrected chi connectivity index (χ2v) is 9.53. The van der Waals surface area contributed by atoms with Crippen molar-refractivity contribution in [1.82, 2.24) is 4.90 Å². The van der Waals surface area contributed by atoms with Gasteiger partial charge < -0.3 is 0 Å². The lowest BCUT2D eigenvalue weighted by Crippen LogP contribution is -2.46. The van der Waals surface area contributed by atoms with Crippen LogP contribution in [0.15, 0.2) is 48.5 Å². The van der Waals surface area contributed by atoms with Gasteiger partial charge in [0.05, 0.1) is 23.8 Å². The summed E-state index contributed by atoms with van der Waals surface area (Å²) in [7, 11) is -5.86. The maximum Gasteiger partial charge on any atom is 0.523 e. The molecule has 0 unspecified atom stereocenters. The number of rotatable bonds is 5. The zero-order valence-electron chi connectivity index (χ0n) is 17.0. The Balaban J connectivity index is 1.72. The Morgan fingerprint density at radius 3 is 1.75 bits per heavy atom. The van der Waals surface area contributed by atoms with Gasteiger partial charge in [0, 0.05) is 0 Å². The van der Waals surface area contributed by atoms with Crippen molar-refractivity contribution in [2.45, 2.75) is 25.4 Å². The molecule has 2 amide bonds. The number of hydrogen-bond donors (Lipinski definition) is 0. The molecule has 0 aliphatic carbocycles. The number of nitrogens with zero attached hydrogens (tertiary/aromatic N) is 1. The molecule has 0 bridgehead atoms. The van der Waals surface area contributed by atoms with E-state index in [9.17, 15) is 31.2 Å². The van der Waals surface area contributed by atoms with Gasteiger partial charge in [0.15, 0.2) is 0 Å². The number of imide groups is 1. The molecule has 168 valence electrons. The van der Waals surface area contributed by atoms with E-state index in [1.807, 2.05) is 36.4 Å². The lowest BCUT2D eigenvalue weighted by molar-refractivity contribution is -0.0555. The van der Waals surface area contributed by atoms with E-state index in [0.717, 1.165) is 26.4 Å². The zero-order chi connectivity index (χ0) is 23.4. The quantitative estimate of drug-likeness (QED) is 0.240. The van der Waals surface area contributed by atoms with E-state index in [4.69, 9.17) is 0 Å². The van der Waals surface area contributed by atoms with Gasteiger partial charge in [-0.1, -0.05) is 38.1 Å². The normalized spacial score (nSPS) is 15.8. The second kappa shape index (κ2) is 7.56. The maximum absolute atomic E-state index is 13.1. The minimum atomic E-state index is -5.86. The van der Waals surface area contributed by atoms with Crippen LogP contribution in [0.4, 0.5) is 13.2 Å². The van der Waals surface area contributed by atoms with Crippen molar-refractivity contribution in [3.63, 3.8) is 0 Å². The van der Waals surface area contributed by atoms with Crippen LogP contribution >= 0.6 is 0 Å². The van der Waals surface area contributed by atoms with Crippen molar-refractivity contribution in [2.24, 2.45) is 5.92 Å². The van der Waals surface area contributed by atoms with Gasteiger partial charge in [-0.25, -0.2) is 0 Å². The molecule has 1 atom stereocenters. The van der Waals surface area contributed by atoms with Gasteiger partial charge in [-0.05, 0) is 51.7 Å². The Labute approximate surface area is 181 Å². The van der Waals surface area contributed by atoms with E-state index in [0.29, 0.717) is 0 Å². The van der Waals surface area contributed by atoms with Crippen molar-refractivity contribution in [2.75, 3.05) is 6.61 Å². The van der Waals surface area contributed by atoms with Crippen molar-refractivity contribution in [3.05, 3.63) is 59.7 Å². The summed E-state index contributed by atoms with van der Waals surface area (Å²) in [6.45, 7) is 2.12. The molecule has 1 heterocycles. The number of halogens is 3. The first kappa shape index (κ1) is 22.2. The first-order valence-electron chi connectivity index (χ1n) is 9.71. The van der Waals surface area contributed by atoms with E-state index < -0.39 is 46.0 Å². The average molecular weight is 465 g/mol. The first-order chi connectivity index (χ1) is 14.9. The van der Waals surface area contributed by atoms with Crippen LogP contribution in [0.1, 0.15) is 34.6 Å². The minimum absolute atomic E-state index is 0.113. The van der Waals surface area contributed by atoms with Crippen molar-refractivity contribution in [3.8, 4) is 0 Å². The molecule has 0 N–H and O–H groups in total. The molecule has 6 nitrogen and oxygen atoms in total. The summed E-state index contributed by atoms with van der Waals surface area (Å²) < 4.78 is 64.7. The molecule has 0 saturated carbocycles. The van der Waals surface area contributed by atoms with E-state index >= 15 is 0 Å². The Morgan fingerprint density at radius 2 is 1.34 bits per heavy atom. The summed E-state index contributed by atoms with van der Waals surface area (Å²) in [5, 5.41) is 3.34. The van der Waals surface area contributed by atoms with Gasteiger partial charge in [0.2, 0.25) is 0 Å². The Kier molecular flexibility index (Phi) is 5.25. The number of benzene rings is 3. The minimum Gasteiger partial charge on any atom is -0.269 e. The van der Waals surface area contributed by atoms with Gasteiger partial charge in [0.1, 0.15) is 0 Å². The standard InChI is InChI=1S/C22H18F3NO5S/c1-12(2)19(11-31-32(29,30)22(23,24)25)26-20(27)17-9-15-7-13-5-3-4-6-14(13)8-16(15)10-18(17)21(26)28/h3-10,12,19H,11H2,1-2H3/t19-/m1/s1. The molecule has 1 aliphatic heterocycles. The summed E-state index contributed by atoms with van der Waals surface area (Å²) in [4.78, 5) is 26.9. The van der Waals surface area contributed by atoms with Gasteiger partial charge in [0.25, 0.3) is 11.8 Å². The van der Waals surface area contributed by atoms with E-state index in [1.54, 1.807) is 26.0 Å². The predicted molar refractivity (Wildman–Crippen MR) is 112 cm³/mol. The van der Waals surface area contributed by atoms with Crippen LogP contribution in [-0.4, -0.2) is 43.3 Å². The molecule has 0 aromatic heterocycles. The van der Waals surface area contributed by atoms with E-state index in [2.05, 4.69) is 4.18 Å². The Morgan fingerprint density at radius 1 is 0.875 bits per heavy atom. The highest BCUT2D eigenvalue weighted by Crippen LogP contribution is 2.33. The van der Waals surface area contributed by atoms with Crippen LogP contribution in [-0.2, 0) is 14.3 Å². The smallest absolute Gasteiger partial charge is 0.269 e. The van der Waals surface area contributed by atoms with Crippen LogP contribution in [0, 0.1) is 5.92 Å². The molecule has 3 aromatic carbocycles. The molecule has 0 fully saturated rings. The lowest BCUT2D eigenvalue weighted by atomic mass is 9.99. The van der Waals surface area contributed by atoms with Gasteiger partial charge in [-0.2, -0.15) is 21.6 Å². The molecule has 0 spiro atoms. The Bertz CT molecular complexity index is 1290. The number of amides is 2. The summed E-state index contributed by atoms with van der Waals surface area (Å²) in [6, 6.07) is 13.3. The van der Waals surface area contributed by atoms with Gasteiger partial charge in [-0.15, -0.1) is 0 Å². The third-order valence-electron chi connectivity index (χ3n) is 5.52. The fourth-order valence-electron chi connectivity index (χ4n) is 3.79. The SMILES string of the molecule is CC(C)[C@@H](COS(=O)(=O)C(F)(F)F)N1C(=O)c2cc3cc4ccccc4cc3cc2C1=O. The number of carbonyl (C=O) groups excluding carboxylic acids is 2. The van der Waals surface area contributed by atoms with Crippen molar-refractivity contribution < 1.29 is 35.4 Å². The first-order valence-corrected chi connectivity index (χ1v) is 11.1. The summed E-state index contributed by atoms with van der Waals surface area (Å²) >= 11 is 0. The summed E-state index contributed by atoms with van der Waals surface area (Å²) in [5.74, 6) is -1.96. The molecule has 3 aromatic rings. The van der Waals surface area contributed by atoms with Crippen LogP contribution < -0.4 is 0 Å². The number of hydrogen-bond acceptors (Lipinski definition) is 5. The highest BCUT2D eigenvalue weighted by Gasteiger charge is 2.49. The van der Waals surface area contributed by atoms with Crippen LogP contribution in [0.3, 0.4) is 0 Å². The van der Waals surface area contributed by atoms with Gasteiger partial charge >= 0.3 is 15.6 Å². The van der Waals surface area contributed by atoms with Crippen LogP contribution in [0.5, 0.6) is 0 Å². The largest absolute Gasteiger partial charge is 0.523 e. The highest BCUT2D eigenvalue weighted by molar-refractivity contribution is 7.87. The van der Waals surface area contributed by atoms with E-state index in [1.165, 1.54) is 0 Å². The molecular formula is C22H18F3NO5S. The van der Waals surface area contributed by atoms with Crippen molar-refractivity contribution >= 4 is 43.5 Å². The van der Waals surface area contributed by atoms with Crippen LogP contribution in [0.25, 0.3) is 21.5 Å².